The van der Waals surface area contributed by atoms with Gasteiger partial charge >= 0.3 is 0 Å². The van der Waals surface area contributed by atoms with Crippen LogP contribution in [-0.2, 0) is 37.9 Å². The normalized spacial score (nSPS) is 23.7. The fraction of sp³-hybridized carbons (Fsp3) is 0.432. The average Bonchev–Trinajstić information content (AvgIpc) is 3.89. The summed E-state index contributed by atoms with van der Waals surface area (Å²) < 4.78 is 0. The van der Waals surface area contributed by atoms with Gasteiger partial charge in [0.05, 0.1) is 5.54 Å². The highest BCUT2D eigenvalue weighted by Gasteiger charge is 2.58. The number of anilines is 8. The second-order valence-electron chi connectivity index (χ2n) is 30.3. The number of fused-ring (bicyclic) bond motifs is 12. The van der Waals surface area contributed by atoms with E-state index in [-0.39, 0.29) is 50.2 Å². The van der Waals surface area contributed by atoms with Crippen molar-refractivity contribution in [2.45, 2.75) is 206 Å². The maximum atomic E-state index is 2.82. The van der Waals surface area contributed by atoms with Crippen LogP contribution in [0.15, 0.2) is 121 Å². The summed E-state index contributed by atoms with van der Waals surface area (Å²) in [5.41, 5.74) is 30.7. The molecule has 1 fully saturated rings. The molecule has 7 aromatic carbocycles. The van der Waals surface area contributed by atoms with E-state index >= 15 is 0 Å². The zero-order valence-electron chi connectivity index (χ0n) is 50.1. The molecule has 4 heteroatoms. The minimum atomic E-state index is -0.0898. The van der Waals surface area contributed by atoms with Crippen molar-refractivity contribution in [2.24, 2.45) is 0 Å². The van der Waals surface area contributed by atoms with Crippen LogP contribution in [0.4, 0.5) is 45.5 Å². The minimum absolute atomic E-state index is 0.0172. The first-order chi connectivity index (χ1) is 36.7. The lowest BCUT2D eigenvalue weighted by atomic mass is 9.33. The predicted molar refractivity (Wildman–Crippen MR) is 335 cm³/mol. The van der Waals surface area contributed by atoms with Crippen LogP contribution in [0.3, 0.4) is 0 Å². The molecule has 78 heavy (non-hydrogen) atoms. The van der Waals surface area contributed by atoms with E-state index in [1.54, 1.807) is 0 Å². The van der Waals surface area contributed by atoms with Crippen LogP contribution < -0.4 is 31.1 Å². The van der Waals surface area contributed by atoms with E-state index in [9.17, 15) is 0 Å². The van der Waals surface area contributed by atoms with E-state index in [0.717, 1.165) is 6.42 Å². The third-order valence-corrected chi connectivity index (χ3v) is 22.3. The Balaban J connectivity index is 1.07. The van der Waals surface area contributed by atoms with Crippen LogP contribution in [0.5, 0.6) is 0 Å². The summed E-state index contributed by atoms with van der Waals surface area (Å²) in [7, 11) is 0. The Morgan fingerprint density at radius 1 is 0.410 bits per heavy atom. The van der Waals surface area contributed by atoms with Crippen LogP contribution in [0.2, 0.25) is 0 Å². The molecule has 7 aliphatic rings. The van der Waals surface area contributed by atoms with E-state index in [0.29, 0.717) is 0 Å². The van der Waals surface area contributed by atoms with Gasteiger partial charge < -0.3 is 14.7 Å². The molecule has 0 radical (unpaired) electrons. The average molecular weight is 1030 g/mol. The Labute approximate surface area is 469 Å². The molecular weight excluding hydrogens is 942 g/mol. The van der Waals surface area contributed by atoms with Crippen LogP contribution in [0.25, 0.3) is 11.1 Å². The Kier molecular flexibility index (Phi) is 10.2. The molecule has 0 bridgehead atoms. The van der Waals surface area contributed by atoms with Crippen molar-refractivity contribution in [3.05, 3.63) is 171 Å². The van der Waals surface area contributed by atoms with Gasteiger partial charge in [-0.15, -0.1) is 0 Å². The smallest absolute Gasteiger partial charge is 0.252 e. The largest absolute Gasteiger partial charge is 0.334 e. The van der Waals surface area contributed by atoms with Crippen molar-refractivity contribution in [3.63, 3.8) is 0 Å². The maximum absolute atomic E-state index is 2.82. The molecule has 3 heterocycles. The monoisotopic (exact) mass is 1030 g/mol. The molecule has 7 aromatic rings. The van der Waals surface area contributed by atoms with Gasteiger partial charge in [-0.25, -0.2) is 0 Å². The third-order valence-electron chi connectivity index (χ3n) is 22.3. The van der Waals surface area contributed by atoms with Gasteiger partial charge in [-0.3, -0.25) is 0 Å². The van der Waals surface area contributed by atoms with E-state index in [4.69, 9.17) is 0 Å². The standard InChI is InChI=1S/C74H84BN3/c1-45-37-64-66-65(38-45)77(48-25-28-54-55(41-48)69(7,8)34-33-68(54,5)6)63-44-57-56(70(9,10)35-36-71(57,11)12)43-60(63)75(66)59-29-26-49(78-61-30-23-46(67(2,3)4)39-58(61)73(15)31-19-20-32-74(73,78)16)42-62(59)76(64)47-24-27-53-51(40-47)50-21-17-18-22-52(50)72(53,13)14/h17-18,21-30,37-44H,19-20,31-36H2,1-16H3. The molecule has 14 rings (SSSR count). The van der Waals surface area contributed by atoms with Gasteiger partial charge in [-0.05, 0) is 218 Å². The first-order valence-corrected chi connectivity index (χ1v) is 30.1. The van der Waals surface area contributed by atoms with Crippen molar-refractivity contribution in [1.82, 2.24) is 0 Å². The number of aryl methyl sites for hydroxylation is 1. The molecule has 2 atom stereocenters. The van der Waals surface area contributed by atoms with Gasteiger partial charge in [0.2, 0.25) is 0 Å². The van der Waals surface area contributed by atoms with Gasteiger partial charge in [0.25, 0.3) is 6.71 Å². The zero-order valence-corrected chi connectivity index (χ0v) is 50.1. The van der Waals surface area contributed by atoms with E-state index in [1.165, 1.54) is 168 Å². The molecule has 398 valence electrons. The van der Waals surface area contributed by atoms with E-state index in [1.807, 2.05) is 0 Å². The predicted octanol–water partition coefficient (Wildman–Crippen LogP) is 18.1. The Bertz CT molecular complexity index is 3740. The lowest BCUT2D eigenvalue weighted by molar-refractivity contribution is 0.195. The molecule has 1 saturated carbocycles. The van der Waals surface area contributed by atoms with Gasteiger partial charge in [0, 0.05) is 56.3 Å². The SMILES string of the molecule is Cc1cc2c3c(c1)N(c1ccc4c(c1)C(C)(C)CCC4(C)C)c1cc4c(cc1B3c1ccc(N3c5ccc(C(C)(C)C)cc5C5(C)CCCCC35C)cc1N2c1ccc2c(c1)-c1ccccc1C2(C)C)C(C)(C)CCC4(C)C. The highest BCUT2D eigenvalue weighted by atomic mass is 15.3. The molecule has 2 unspecified atom stereocenters. The highest BCUT2D eigenvalue weighted by Crippen LogP contribution is 2.62. The van der Waals surface area contributed by atoms with Crippen molar-refractivity contribution in [2.75, 3.05) is 14.7 Å². The van der Waals surface area contributed by atoms with Crippen LogP contribution in [-0.4, -0.2) is 12.3 Å². The summed E-state index contributed by atoms with van der Waals surface area (Å²) in [5.74, 6) is 0. The van der Waals surface area contributed by atoms with E-state index in [2.05, 4.69) is 247 Å². The molecule has 4 aliphatic carbocycles. The molecule has 0 N–H and O–H groups in total. The Morgan fingerprint density at radius 2 is 0.962 bits per heavy atom. The van der Waals surface area contributed by atoms with Gasteiger partial charge in [0.1, 0.15) is 0 Å². The quantitative estimate of drug-likeness (QED) is 0.163. The lowest BCUT2D eigenvalue weighted by Gasteiger charge is -2.51. The van der Waals surface area contributed by atoms with Crippen molar-refractivity contribution < 1.29 is 0 Å². The first kappa shape index (κ1) is 50.2. The van der Waals surface area contributed by atoms with Crippen molar-refractivity contribution >= 4 is 68.6 Å². The minimum Gasteiger partial charge on any atom is -0.334 e. The third kappa shape index (κ3) is 6.70. The molecule has 3 aliphatic heterocycles. The zero-order chi connectivity index (χ0) is 54.8. The Hall–Kier alpha value is -6.00. The van der Waals surface area contributed by atoms with Gasteiger partial charge in [-0.1, -0.05) is 170 Å². The maximum Gasteiger partial charge on any atom is 0.252 e. The van der Waals surface area contributed by atoms with Gasteiger partial charge in [0.15, 0.2) is 0 Å². The topological polar surface area (TPSA) is 9.72 Å². The van der Waals surface area contributed by atoms with E-state index < -0.39 is 0 Å². The number of hydrogen-bond acceptors (Lipinski definition) is 3. The summed E-state index contributed by atoms with van der Waals surface area (Å²) in [6.45, 7) is 39.4. The Morgan fingerprint density at radius 3 is 1.63 bits per heavy atom. The van der Waals surface area contributed by atoms with Crippen LogP contribution in [0.1, 0.15) is 205 Å². The van der Waals surface area contributed by atoms with Crippen LogP contribution in [0, 0.1) is 6.92 Å². The molecule has 0 saturated heterocycles. The highest BCUT2D eigenvalue weighted by molar-refractivity contribution is 7.00. The molecule has 0 aromatic heterocycles. The number of nitrogens with zero attached hydrogens (tertiary/aromatic N) is 3. The second kappa shape index (κ2) is 15.9. The van der Waals surface area contributed by atoms with Crippen molar-refractivity contribution in [1.29, 1.82) is 0 Å². The van der Waals surface area contributed by atoms with Crippen molar-refractivity contribution in [3.8, 4) is 11.1 Å². The number of benzene rings is 7. The molecule has 0 amide bonds. The number of rotatable bonds is 3. The summed E-state index contributed by atoms with van der Waals surface area (Å²) in [5, 5.41) is 0. The van der Waals surface area contributed by atoms with Gasteiger partial charge in [-0.2, -0.15) is 0 Å². The lowest BCUT2D eigenvalue weighted by Crippen LogP contribution is -2.62. The first-order valence-electron chi connectivity index (χ1n) is 30.1. The second-order valence-corrected chi connectivity index (χ2v) is 30.3. The molecular formula is C74H84BN3. The fourth-order valence-corrected chi connectivity index (χ4v) is 17.0. The molecule has 3 nitrogen and oxygen atoms in total. The fourth-order valence-electron chi connectivity index (χ4n) is 17.0. The number of hydrogen-bond donors (Lipinski definition) is 0. The van der Waals surface area contributed by atoms with Crippen LogP contribution >= 0.6 is 0 Å². The summed E-state index contributed by atoms with van der Waals surface area (Å²) >= 11 is 0. The molecule has 0 spiro atoms. The summed E-state index contributed by atoms with van der Waals surface area (Å²) in [6, 6.07) is 50.0. The summed E-state index contributed by atoms with van der Waals surface area (Å²) in [6.07, 6.45) is 9.61. The summed E-state index contributed by atoms with van der Waals surface area (Å²) in [4.78, 5) is 8.26.